The average molecular weight is 500 g/mol. The molecule has 0 unspecified atom stereocenters. The second-order valence-corrected chi connectivity index (χ2v) is 8.63. The Morgan fingerprint density at radius 2 is 1.73 bits per heavy atom. The number of hydrogen-bond donors (Lipinski definition) is 1. The zero-order chi connectivity index (χ0) is 26.2. The SMILES string of the molecule is CCCc1c(OCc2cccc(OCc3ccc4ccccc4n3)c2)ccc(C(C)=O)c1OCC(=O)O. The van der Waals surface area contributed by atoms with Gasteiger partial charge in [0.05, 0.1) is 16.8 Å². The van der Waals surface area contributed by atoms with Gasteiger partial charge in [-0.3, -0.25) is 4.79 Å². The van der Waals surface area contributed by atoms with Gasteiger partial charge < -0.3 is 19.3 Å². The van der Waals surface area contributed by atoms with E-state index < -0.39 is 12.6 Å². The summed E-state index contributed by atoms with van der Waals surface area (Å²) in [5, 5.41) is 10.2. The first kappa shape index (κ1) is 25.7. The number of benzene rings is 3. The van der Waals surface area contributed by atoms with E-state index in [2.05, 4.69) is 4.98 Å². The minimum absolute atomic E-state index is 0.199. The number of pyridine rings is 1. The van der Waals surface area contributed by atoms with Crippen LogP contribution >= 0.6 is 0 Å². The van der Waals surface area contributed by atoms with Gasteiger partial charge in [0.2, 0.25) is 0 Å². The van der Waals surface area contributed by atoms with Crippen molar-refractivity contribution in [3.63, 3.8) is 0 Å². The minimum atomic E-state index is -1.11. The van der Waals surface area contributed by atoms with Crippen LogP contribution in [0.4, 0.5) is 0 Å². The second-order valence-electron chi connectivity index (χ2n) is 8.63. The number of carboxylic acids is 1. The van der Waals surface area contributed by atoms with Crippen molar-refractivity contribution in [1.29, 1.82) is 0 Å². The summed E-state index contributed by atoms with van der Waals surface area (Å²) in [6, 6.07) is 22.9. The van der Waals surface area contributed by atoms with Crippen LogP contribution in [-0.2, 0) is 24.4 Å². The monoisotopic (exact) mass is 499 g/mol. The standard InChI is InChI=1S/C30H29NO6/c1-3-7-26-28(15-14-25(20(2)32)30(26)37-19-29(33)34)36-17-21-8-6-10-24(16-21)35-18-23-13-12-22-9-4-5-11-27(22)31-23/h4-6,8-16H,3,7,17-19H2,1-2H3,(H,33,34). The van der Waals surface area contributed by atoms with Crippen molar-refractivity contribution in [2.45, 2.75) is 39.9 Å². The first-order valence-corrected chi connectivity index (χ1v) is 12.1. The maximum absolute atomic E-state index is 12.1. The fourth-order valence-electron chi connectivity index (χ4n) is 4.04. The Labute approximate surface area is 215 Å². The van der Waals surface area contributed by atoms with Crippen LogP contribution in [0.5, 0.6) is 17.2 Å². The summed E-state index contributed by atoms with van der Waals surface area (Å²) < 4.78 is 17.6. The van der Waals surface area contributed by atoms with Gasteiger partial charge in [0.15, 0.2) is 12.4 Å². The van der Waals surface area contributed by atoms with Crippen molar-refractivity contribution in [3.05, 3.63) is 95.2 Å². The lowest BCUT2D eigenvalue weighted by Crippen LogP contribution is -2.14. The molecular weight excluding hydrogens is 470 g/mol. The topological polar surface area (TPSA) is 95.0 Å². The van der Waals surface area contributed by atoms with Gasteiger partial charge in [-0.05, 0) is 55.3 Å². The van der Waals surface area contributed by atoms with E-state index in [9.17, 15) is 9.59 Å². The highest BCUT2D eigenvalue weighted by atomic mass is 16.5. The van der Waals surface area contributed by atoms with E-state index in [1.54, 1.807) is 12.1 Å². The van der Waals surface area contributed by atoms with E-state index in [0.29, 0.717) is 35.7 Å². The number of fused-ring (bicyclic) bond motifs is 1. The number of nitrogens with zero attached hydrogens (tertiary/aromatic N) is 1. The van der Waals surface area contributed by atoms with Gasteiger partial charge in [0.25, 0.3) is 0 Å². The molecule has 1 N–H and O–H groups in total. The van der Waals surface area contributed by atoms with Crippen molar-refractivity contribution in [2.75, 3.05) is 6.61 Å². The highest BCUT2D eigenvalue weighted by molar-refractivity contribution is 5.97. The number of para-hydroxylation sites is 1. The molecule has 0 aliphatic rings. The smallest absolute Gasteiger partial charge is 0.341 e. The number of rotatable bonds is 12. The van der Waals surface area contributed by atoms with Crippen LogP contribution in [0.25, 0.3) is 10.9 Å². The molecule has 37 heavy (non-hydrogen) atoms. The summed E-state index contributed by atoms with van der Waals surface area (Å²) in [5.41, 5.74) is 3.69. The highest BCUT2D eigenvalue weighted by Gasteiger charge is 2.19. The van der Waals surface area contributed by atoms with Crippen LogP contribution < -0.4 is 14.2 Å². The molecule has 4 aromatic rings. The van der Waals surface area contributed by atoms with E-state index in [-0.39, 0.29) is 18.1 Å². The van der Waals surface area contributed by atoms with Gasteiger partial charge in [-0.25, -0.2) is 9.78 Å². The summed E-state index contributed by atoms with van der Waals surface area (Å²) in [6.45, 7) is 3.49. The molecule has 0 radical (unpaired) electrons. The van der Waals surface area contributed by atoms with Crippen molar-refractivity contribution in [2.24, 2.45) is 0 Å². The number of carbonyl (C=O) groups excluding carboxylic acids is 1. The van der Waals surface area contributed by atoms with Crippen LogP contribution in [-0.4, -0.2) is 28.4 Å². The number of ether oxygens (including phenoxy) is 3. The molecule has 0 saturated heterocycles. The molecule has 0 atom stereocenters. The minimum Gasteiger partial charge on any atom is -0.488 e. The summed E-state index contributed by atoms with van der Waals surface area (Å²) in [6.07, 6.45) is 1.35. The third kappa shape index (κ3) is 6.64. The quantitative estimate of drug-likeness (QED) is 0.239. The number of ketones is 1. The zero-order valence-corrected chi connectivity index (χ0v) is 20.9. The number of carboxylic acid groups (broad SMARTS) is 1. The Morgan fingerprint density at radius 1 is 0.892 bits per heavy atom. The molecule has 190 valence electrons. The highest BCUT2D eigenvalue weighted by Crippen LogP contribution is 2.35. The summed E-state index contributed by atoms with van der Waals surface area (Å²) >= 11 is 0. The molecule has 1 aromatic heterocycles. The van der Waals surface area contributed by atoms with E-state index in [0.717, 1.165) is 28.6 Å². The van der Waals surface area contributed by atoms with E-state index >= 15 is 0 Å². The predicted molar refractivity (Wildman–Crippen MR) is 140 cm³/mol. The van der Waals surface area contributed by atoms with Crippen molar-refractivity contribution < 1.29 is 28.9 Å². The summed E-state index contributed by atoms with van der Waals surface area (Å²) in [7, 11) is 0. The number of Topliss-reactive ketones (excluding diaryl/α,β-unsaturated/α-hetero) is 1. The van der Waals surface area contributed by atoms with Crippen LogP contribution in [0.15, 0.2) is 72.8 Å². The fourth-order valence-corrected chi connectivity index (χ4v) is 4.04. The zero-order valence-electron chi connectivity index (χ0n) is 20.9. The van der Waals surface area contributed by atoms with E-state index in [1.165, 1.54) is 6.92 Å². The largest absolute Gasteiger partial charge is 0.488 e. The van der Waals surface area contributed by atoms with Gasteiger partial charge in [0.1, 0.15) is 30.5 Å². The van der Waals surface area contributed by atoms with Gasteiger partial charge in [-0.1, -0.05) is 49.7 Å². The molecule has 0 aliphatic carbocycles. The van der Waals surface area contributed by atoms with Crippen LogP contribution in [0.3, 0.4) is 0 Å². The number of aromatic nitrogens is 1. The third-order valence-corrected chi connectivity index (χ3v) is 5.77. The molecule has 0 bridgehead atoms. The first-order valence-electron chi connectivity index (χ1n) is 12.1. The Hall–Kier alpha value is -4.39. The molecule has 0 amide bonds. The lowest BCUT2D eigenvalue weighted by atomic mass is 10.0. The molecule has 0 aliphatic heterocycles. The lowest BCUT2D eigenvalue weighted by molar-refractivity contribution is -0.139. The Morgan fingerprint density at radius 3 is 2.51 bits per heavy atom. The lowest BCUT2D eigenvalue weighted by Gasteiger charge is -2.18. The van der Waals surface area contributed by atoms with Gasteiger partial charge in [-0.2, -0.15) is 0 Å². The fraction of sp³-hybridized carbons (Fsp3) is 0.233. The van der Waals surface area contributed by atoms with Gasteiger partial charge >= 0.3 is 5.97 Å². The molecule has 0 spiro atoms. The Kier molecular flexibility index (Phi) is 8.36. The molecule has 0 fully saturated rings. The molecule has 4 rings (SSSR count). The normalized spacial score (nSPS) is 10.8. The average Bonchev–Trinajstić information content (AvgIpc) is 2.90. The molecular formula is C30H29NO6. The van der Waals surface area contributed by atoms with Crippen LogP contribution in [0, 0.1) is 0 Å². The van der Waals surface area contributed by atoms with E-state index in [1.807, 2.05) is 67.6 Å². The van der Waals surface area contributed by atoms with E-state index in [4.69, 9.17) is 19.3 Å². The molecule has 0 saturated carbocycles. The van der Waals surface area contributed by atoms with Gasteiger partial charge in [-0.15, -0.1) is 0 Å². The predicted octanol–water partition coefficient (Wildman–Crippen LogP) is 6.01. The Bertz CT molecular complexity index is 1410. The maximum atomic E-state index is 12.1. The van der Waals surface area contributed by atoms with Crippen LogP contribution in [0.2, 0.25) is 0 Å². The number of hydrogen-bond acceptors (Lipinski definition) is 6. The molecule has 1 heterocycles. The van der Waals surface area contributed by atoms with Gasteiger partial charge in [0, 0.05) is 10.9 Å². The number of carbonyl (C=O) groups is 2. The van der Waals surface area contributed by atoms with Crippen molar-refractivity contribution >= 4 is 22.7 Å². The maximum Gasteiger partial charge on any atom is 0.341 e. The molecule has 7 nitrogen and oxygen atoms in total. The number of aliphatic carboxylic acids is 1. The Balaban J connectivity index is 1.47. The summed E-state index contributed by atoms with van der Waals surface area (Å²) in [4.78, 5) is 27.9. The first-order chi connectivity index (χ1) is 17.9. The summed E-state index contributed by atoms with van der Waals surface area (Å²) in [5.74, 6) is 0.212. The van der Waals surface area contributed by atoms with Crippen LogP contribution in [0.1, 0.15) is 47.4 Å². The van der Waals surface area contributed by atoms with Crippen molar-refractivity contribution in [1.82, 2.24) is 4.98 Å². The molecule has 3 aromatic carbocycles. The third-order valence-electron chi connectivity index (χ3n) is 5.77. The van der Waals surface area contributed by atoms with Crippen molar-refractivity contribution in [3.8, 4) is 17.2 Å². The second kappa shape index (κ2) is 12.0. The molecule has 7 heteroatoms.